The van der Waals surface area contributed by atoms with E-state index in [0.717, 1.165) is 7.11 Å². The first-order valence-corrected chi connectivity index (χ1v) is 3.46. The van der Waals surface area contributed by atoms with E-state index < -0.39 is 11.9 Å². The maximum absolute atomic E-state index is 10.9. The number of carbonyl (C=O) groups excluding carboxylic acids is 2. The van der Waals surface area contributed by atoms with E-state index in [2.05, 4.69) is 19.7 Å². The maximum atomic E-state index is 10.9. The Hall–Kier alpha value is -1.85. The van der Waals surface area contributed by atoms with E-state index in [0.29, 0.717) is 5.76 Å². The van der Waals surface area contributed by atoms with Gasteiger partial charge in [-0.25, -0.2) is 4.79 Å². The third kappa shape index (κ3) is 2.29. The van der Waals surface area contributed by atoms with Gasteiger partial charge in [0.05, 0.1) is 7.11 Å². The van der Waals surface area contributed by atoms with Gasteiger partial charge < -0.3 is 9.26 Å². The summed E-state index contributed by atoms with van der Waals surface area (Å²) in [6.07, 6.45) is 0. The van der Waals surface area contributed by atoms with Crippen molar-refractivity contribution in [2.75, 3.05) is 12.4 Å². The molecule has 1 N–H and O–H groups in total. The number of hydrogen-bond donors (Lipinski definition) is 1. The van der Waals surface area contributed by atoms with Gasteiger partial charge in [0.25, 0.3) is 0 Å². The van der Waals surface area contributed by atoms with Crippen LogP contribution in [-0.2, 0) is 14.3 Å². The monoisotopic (exact) mass is 184 g/mol. The minimum Gasteiger partial charge on any atom is -0.462 e. The van der Waals surface area contributed by atoms with E-state index in [9.17, 15) is 9.59 Å². The van der Waals surface area contributed by atoms with Crippen LogP contribution in [0.3, 0.4) is 0 Å². The molecule has 0 aromatic carbocycles. The highest BCUT2D eigenvalue weighted by Gasteiger charge is 2.15. The SMILES string of the molecule is COC(=O)C(=O)Nc1cc(C)on1. The van der Waals surface area contributed by atoms with E-state index in [1.165, 1.54) is 6.07 Å². The zero-order valence-corrected chi connectivity index (χ0v) is 7.16. The first-order chi connectivity index (χ1) is 6.13. The van der Waals surface area contributed by atoms with Crippen molar-refractivity contribution in [3.05, 3.63) is 11.8 Å². The molecule has 6 nitrogen and oxygen atoms in total. The van der Waals surface area contributed by atoms with Crippen LogP contribution in [0, 0.1) is 6.92 Å². The second-order valence-electron chi connectivity index (χ2n) is 2.27. The van der Waals surface area contributed by atoms with Gasteiger partial charge in [-0.2, -0.15) is 0 Å². The fourth-order valence-corrected chi connectivity index (χ4v) is 0.685. The fraction of sp³-hybridized carbons (Fsp3) is 0.286. The molecule has 70 valence electrons. The molecule has 13 heavy (non-hydrogen) atoms. The molecular formula is C7H8N2O4. The Kier molecular flexibility index (Phi) is 2.63. The summed E-state index contributed by atoms with van der Waals surface area (Å²) in [6, 6.07) is 1.49. The van der Waals surface area contributed by atoms with Crippen LogP contribution in [0.2, 0.25) is 0 Å². The number of rotatable bonds is 1. The summed E-state index contributed by atoms with van der Waals surface area (Å²) in [5, 5.41) is 5.65. The molecule has 1 amide bonds. The lowest BCUT2D eigenvalue weighted by atomic mass is 10.5. The number of esters is 1. The zero-order chi connectivity index (χ0) is 9.84. The molecule has 0 aliphatic rings. The number of nitrogens with one attached hydrogen (secondary N) is 1. The van der Waals surface area contributed by atoms with Crippen LogP contribution in [0.5, 0.6) is 0 Å². The molecule has 0 bridgehead atoms. The van der Waals surface area contributed by atoms with Crippen molar-refractivity contribution >= 4 is 17.7 Å². The van der Waals surface area contributed by atoms with Crippen molar-refractivity contribution in [3.8, 4) is 0 Å². The summed E-state index contributed by atoms with van der Waals surface area (Å²) in [7, 11) is 1.12. The minimum absolute atomic E-state index is 0.188. The van der Waals surface area contributed by atoms with E-state index in [1.807, 2.05) is 0 Å². The number of methoxy groups -OCH3 is 1. The van der Waals surface area contributed by atoms with Gasteiger partial charge in [-0.15, -0.1) is 0 Å². The Bertz CT molecular complexity index is 331. The predicted molar refractivity (Wildman–Crippen MR) is 41.9 cm³/mol. The van der Waals surface area contributed by atoms with Gasteiger partial charge in [-0.1, -0.05) is 5.16 Å². The molecule has 0 aliphatic heterocycles. The molecule has 0 aliphatic carbocycles. The molecule has 0 atom stereocenters. The van der Waals surface area contributed by atoms with Crippen molar-refractivity contribution in [2.45, 2.75) is 6.92 Å². The molecule has 1 aromatic heterocycles. The number of ether oxygens (including phenoxy) is 1. The highest BCUT2D eigenvalue weighted by atomic mass is 16.5. The van der Waals surface area contributed by atoms with Crippen molar-refractivity contribution < 1.29 is 18.8 Å². The molecule has 6 heteroatoms. The lowest BCUT2D eigenvalue weighted by molar-refractivity contribution is -0.150. The molecule has 1 heterocycles. The Morgan fingerprint density at radius 1 is 1.62 bits per heavy atom. The number of nitrogens with zero attached hydrogens (tertiary/aromatic N) is 1. The van der Waals surface area contributed by atoms with Crippen LogP contribution in [0.25, 0.3) is 0 Å². The highest BCUT2D eigenvalue weighted by Crippen LogP contribution is 2.06. The summed E-state index contributed by atoms with van der Waals surface area (Å²) in [6.45, 7) is 1.67. The minimum atomic E-state index is -0.972. The second-order valence-corrected chi connectivity index (χ2v) is 2.27. The standard InChI is InChI=1S/C7H8N2O4/c1-4-3-5(9-13-4)8-6(10)7(11)12-2/h3H,1-2H3,(H,8,9,10). The van der Waals surface area contributed by atoms with E-state index >= 15 is 0 Å². The van der Waals surface area contributed by atoms with Gasteiger partial charge in [-0.3, -0.25) is 10.1 Å². The Morgan fingerprint density at radius 2 is 2.31 bits per heavy atom. The third-order valence-corrected chi connectivity index (χ3v) is 1.24. The lowest BCUT2D eigenvalue weighted by Gasteiger charge is -1.96. The molecule has 0 unspecified atom stereocenters. The number of anilines is 1. The largest absolute Gasteiger partial charge is 0.462 e. The summed E-state index contributed by atoms with van der Waals surface area (Å²) >= 11 is 0. The van der Waals surface area contributed by atoms with Crippen molar-refractivity contribution in [1.29, 1.82) is 0 Å². The predicted octanol–water partition coefficient (Wildman–Crippen LogP) is 0.0945. The molecule has 0 fully saturated rings. The first-order valence-electron chi connectivity index (χ1n) is 3.46. The molecule has 1 rings (SSSR count). The first kappa shape index (κ1) is 9.24. The van der Waals surface area contributed by atoms with Crippen molar-refractivity contribution in [2.24, 2.45) is 0 Å². The van der Waals surface area contributed by atoms with Crippen molar-refractivity contribution in [1.82, 2.24) is 5.16 Å². The number of aryl methyl sites for hydroxylation is 1. The third-order valence-electron chi connectivity index (χ3n) is 1.24. The van der Waals surface area contributed by atoms with E-state index in [-0.39, 0.29) is 5.82 Å². The zero-order valence-electron chi connectivity index (χ0n) is 7.16. The maximum Gasteiger partial charge on any atom is 0.396 e. The molecule has 0 saturated carbocycles. The normalized spacial score (nSPS) is 9.38. The number of aromatic nitrogens is 1. The number of amides is 1. The Balaban J connectivity index is 2.60. The van der Waals surface area contributed by atoms with Gasteiger partial charge in [0.1, 0.15) is 5.76 Å². The van der Waals surface area contributed by atoms with Crippen molar-refractivity contribution in [3.63, 3.8) is 0 Å². The molecular weight excluding hydrogens is 176 g/mol. The Labute approximate surface area is 73.8 Å². The number of hydrogen-bond acceptors (Lipinski definition) is 5. The van der Waals surface area contributed by atoms with E-state index in [1.54, 1.807) is 6.92 Å². The Morgan fingerprint density at radius 3 is 2.77 bits per heavy atom. The lowest BCUT2D eigenvalue weighted by Crippen LogP contribution is -2.23. The van der Waals surface area contributed by atoms with E-state index in [4.69, 9.17) is 0 Å². The van der Waals surface area contributed by atoms with Crippen LogP contribution >= 0.6 is 0 Å². The quantitative estimate of drug-likeness (QED) is 0.494. The van der Waals surface area contributed by atoms with Gasteiger partial charge in [0, 0.05) is 6.07 Å². The molecule has 1 aromatic rings. The highest BCUT2D eigenvalue weighted by molar-refractivity contribution is 6.37. The van der Waals surface area contributed by atoms with Gasteiger partial charge in [0.2, 0.25) is 0 Å². The van der Waals surface area contributed by atoms with Gasteiger partial charge >= 0.3 is 11.9 Å². The summed E-state index contributed by atoms with van der Waals surface area (Å²) < 4.78 is 8.84. The summed E-state index contributed by atoms with van der Waals surface area (Å²) in [5.41, 5.74) is 0. The topological polar surface area (TPSA) is 81.4 Å². The summed E-state index contributed by atoms with van der Waals surface area (Å²) in [5.74, 6) is -1.12. The second kappa shape index (κ2) is 3.70. The molecule has 0 radical (unpaired) electrons. The van der Waals surface area contributed by atoms with Gasteiger partial charge in [-0.05, 0) is 6.92 Å². The fourth-order valence-electron chi connectivity index (χ4n) is 0.685. The average molecular weight is 184 g/mol. The smallest absolute Gasteiger partial charge is 0.396 e. The molecule has 0 saturated heterocycles. The van der Waals surface area contributed by atoms with Gasteiger partial charge in [0.15, 0.2) is 5.82 Å². The van der Waals surface area contributed by atoms with Crippen LogP contribution < -0.4 is 5.32 Å². The summed E-state index contributed by atoms with van der Waals surface area (Å²) in [4.78, 5) is 21.5. The molecule has 0 spiro atoms. The van der Waals surface area contributed by atoms with Crippen LogP contribution in [0.1, 0.15) is 5.76 Å². The average Bonchev–Trinajstić information content (AvgIpc) is 2.49. The van der Waals surface area contributed by atoms with Crippen LogP contribution in [0.4, 0.5) is 5.82 Å². The van der Waals surface area contributed by atoms with Crippen LogP contribution in [0.15, 0.2) is 10.6 Å². The number of carbonyl (C=O) groups is 2. The van der Waals surface area contributed by atoms with Crippen LogP contribution in [-0.4, -0.2) is 24.1 Å².